The average Bonchev–Trinajstić information content (AvgIpc) is 2.24. The van der Waals surface area contributed by atoms with Gasteiger partial charge in [0.05, 0.1) is 12.2 Å². The van der Waals surface area contributed by atoms with E-state index in [2.05, 4.69) is 60.1 Å². The van der Waals surface area contributed by atoms with E-state index in [4.69, 9.17) is 9.05 Å². The zero-order valence-corrected chi connectivity index (χ0v) is 16.8. The van der Waals surface area contributed by atoms with Crippen LogP contribution in [-0.4, -0.2) is 29.0 Å². The van der Waals surface area contributed by atoms with E-state index in [0.29, 0.717) is 22.9 Å². The Bertz CT molecular complexity index is 361. The molecular weight excluding hydrogens is 293 g/mol. The first kappa shape index (κ1) is 18.6. The molecule has 3 fully saturated rings. The third kappa shape index (κ3) is 3.24. The fraction of sp³-hybridized carbons (Fsp3) is 1.00. The molecule has 3 saturated carbocycles. The fourth-order valence-corrected chi connectivity index (χ4v) is 5.93. The maximum absolute atomic E-state index is 6.62. The Hall–Kier alpha value is 0.310. The first-order valence-corrected chi connectivity index (χ1v) is 10.1. The summed E-state index contributed by atoms with van der Waals surface area (Å²) >= 11 is 0. The number of rotatable bonds is 8. The van der Waals surface area contributed by atoms with Gasteiger partial charge in [0, 0.05) is 12.1 Å². The van der Waals surface area contributed by atoms with Crippen molar-refractivity contribution in [3.8, 4) is 0 Å². The highest BCUT2D eigenvalue weighted by atomic mass is 31.2. The van der Waals surface area contributed by atoms with Crippen molar-refractivity contribution >= 4 is 8.53 Å². The molecule has 0 heterocycles. The van der Waals surface area contributed by atoms with E-state index in [1.54, 1.807) is 0 Å². The minimum atomic E-state index is -0.938. The first-order valence-electron chi connectivity index (χ1n) is 8.96. The topological polar surface area (TPSA) is 21.7 Å². The van der Waals surface area contributed by atoms with E-state index >= 15 is 0 Å². The zero-order chi connectivity index (χ0) is 16.8. The first-order chi connectivity index (χ1) is 10.1. The predicted molar refractivity (Wildman–Crippen MR) is 94.8 cm³/mol. The van der Waals surface area contributed by atoms with Crippen LogP contribution < -0.4 is 0 Å². The predicted octanol–water partition coefficient (Wildman–Crippen LogP) is 5.74. The van der Waals surface area contributed by atoms with E-state index in [-0.39, 0.29) is 5.60 Å². The standard InChI is InChI=1S/C18H36NO2P/c1-9-10-20-22(19(14(2)3)15(4)5)21-18-11-17(12-18,13-18)16(6,7)8/h14-15H,9-13H2,1-8H3. The number of hydrogen-bond donors (Lipinski definition) is 0. The Balaban J connectivity index is 2.01. The quantitative estimate of drug-likeness (QED) is 0.530. The van der Waals surface area contributed by atoms with Crippen LogP contribution in [0.4, 0.5) is 0 Å². The highest BCUT2D eigenvalue weighted by molar-refractivity contribution is 7.44. The van der Waals surface area contributed by atoms with Gasteiger partial charge in [-0.1, -0.05) is 27.7 Å². The molecule has 3 rings (SSSR count). The van der Waals surface area contributed by atoms with Gasteiger partial charge in [-0.05, 0) is 64.2 Å². The van der Waals surface area contributed by atoms with Gasteiger partial charge in [0.15, 0.2) is 0 Å². The molecule has 1 unspecified atom stereocenters. The van der Waals surface area contributed by atoms with Gasteiger partial charge in [0.25, 0.3) is 8.53 Å². The van der Waals surface area contributed by atoms with Gasteiger partial charge in [0.2, 0.25) is 0 Å². The lowest BCUT2D eigenvalue weighted by molar-refractivity contribution is -0.288. The van der Waals surface area contributed by atoms with Gasteiger partial charge in [-0.2, -0.15) is 0 Å². The third-order valence-electron chi connectivity index (χ3n) is 5.50. The highest BCUT2D eigenvalue weighted by Crippen LogP contribution is 2.78. The second kappa shape index (κ2) is 6.31. The summed E-state index contributed by atoms with van der Waals surface area (Å²) in [6.07, 6.45) is 4.72. The van der Waals surface area contributed by atoms with E-state index < -0.39 is 8.53 Å². The molecule has 3 aliphatic carbocycles. The van der Waals surface area contributed by atoms with Crippen LogP contribution in [0.15, 0.2) is 0 Å². The van der Waals surface area contributed by atoms with E-state index in [0.717, 1.165) is 13.0 Å². The van der Waals surface area contributed by atoms with Crippen LogP contribution >= 0.6 is 8.53 Å². The summed E-state index contributed by atoms with van der Waals surface area (Å²) in [5.74, 6) is 0. The van der Waals surface area contributed by atoms with E-state index in [9.17, 15) is 0 Å². The number of nitrogens with zero attached hydrogens (tertiary/aromatic N) is 1. The van der Waals surface area contributed by atoms with Gasteiger partial charge in [0.1, 0.15) is 0 Å². The molecule has 0 aromatic carbocycles. The summed E-state index contributed by atoms with van der Waals surface area (Å²) in [6.45, 7) is 19.1. The molecule has 0 aromatic rings. The molecule has 4 heteroatoms. The van der Waals surface area contributed by atoms with Crippen molar-refractivity contribution in [3.63, 3.8) is 0 Å². The Morgan fingerprint density at radius 2 is 1.55 bits per heavy atom. The lowest BCUT2D eigenvalue weighted by Crippen LogP contribution is -2.72. The van der Waals surface area contributed by atoms with Crippen LogP contribution in [0.2, 0.25) is 0 Å². The number of hydrogen-bond acceptors (Lipinski definition) is 3. The van der Waals surface area contributed by atoms with Gasteiger partial charge < -0.3 is 9.05 Å². The Labute approximate surface area is 139 Å². The minimum Gasteiger partial charge on any atom is -0.322 e. The average molecular weight is 329 g/mol. The monoisotopic (exact) mass is 329 g/mol. The molecule has 3 aliphatic rings. The Kier molecular flexibility index (Phi) is 5.35. The normalized spacial score (nSPS) is 32.3. The molecule has 130 valence electrons. The van der Waals surface area contributed by atoms with Crippen LogP contribution in [0.5, 0.6) is 0 Å². The second-order valence-electron chi connectivity index (χ2n) is 8.97. The lowest BCUT2D eigenvalue weighted by Gasteiger charge is -2.75. The second-order valence-corrected chi connectivity index (χ2v) is 10.4. The molecule has 3 nitrogen and oxygen atoms in total. The molecule has 22 heavy (non-hydrogen) atoms. The molecule has 2 bridgehead atoms. The van der Waals surface area contributed by atoms with Crippen molar-refractivity contribution in [2.75, 3.05) is 6.61 Å². The van der Waals surface area contributed by atoms with Crippen molar-refractivity contribution < 1.29 is 9.05 Å². The summed E-state index contributed by atoms with van der Waals surface area (Å²) in [5.41, 5.74) is 1.05. The minimum absolute atomic E-state index is 0.120. The van der Waals surface area contributed by atoms with Crippen LogP contribution in [0.3, 0.4) is 0 Å². The van der Waals surface area contributed by atoms with Crippen LogP contribution in [0, 0.1) is 10.8 Å². The Morgan fingerprint density at radius 3 is 1.91 bits per heavy atom. The maximum Gasteiger partial charge on any atom is 0.259 e. The molecular formula is C18H36NO2P. The molecule has 0 saturated heterocycles. The smallest absolute Gasteiger partial charge is 0.259 e. The van der Waals surface area contributed by atoms with Crippen molar-refractivity contribution in [2.24, 2.45) is 10.8 Å². The van der Waals surface area contributed by atoms with Crippen molar-refractivity contribution in [2.45, 2.75) is 98.8 Å². The molecule has 1 atom stereocenters. The van der Waals surface area contributed by atoms with Gasteiger partial charge >= 0.3 is 0 Å². The molecule has 0 radical (unpaired) electrons. The van der Waals surface area contributed by atoms with Crippen molar-refractivity contribution in [3.05, 3.63) is 0 Å². The van der Waals surface area contributed by atoms with Crippen molar-refractivity contribution in [1.82, 2.24) is 4.67 Å². The highest BCUT2D eigenvalue weighted by Gasteiger charge is 2.73. The zero-order valence-electron chi connectivity index (χ0n) is 15.9. The molecule has 0 aliphatic heterocycles. The van der Waals surface area contributed by atoms with E-state index in [1.165, 1.54) is 19.3 Å². The third-order valence-corrected chi connectivity index (χ3v) is 7.74. The summed E-state index contributed by atoms with van der Waals surface area (Å²) < 4.78 is 15.2. The maximum atomic E-state index is 6.62. The molecule has 0 amide bonds. The Morgan fingerprint density at radius 1 is 1.05 bits per heavy atom. The summed E-state index contributed by atoms with van der Waals surface area (Å²) in [7, 11) is -0.938. The van der Waals surface area contributed by atoms with Crippen LogP contribution in [0.25, 0.3) is 0 Å². The van der Waals surface area contributed by atoms with Gasteiger partial charge in [-0.3, -0.25) is 0 Å². The van der Waals surface area contributed by atoms with E-state index in [1.807, 2.05) is 0 Å². The largest absolute Gasteiger partial charge is 0.322 e. The SMILES string of the molecule is CCCOP(OC12CC(C(C)(C)C)(C1)C2)N(C(C)C)C(C)C. The summed E-state index contributed by atoms with van der Waals surface area (Å²) in [5, 5.41) is 0. The molecule has 0 spiro atoms. The molecule has 0 aromatic heterocycles. The summed E-state index contributed by atoms with van der Waals surface area (Å²) in [6, 6.07) is 0.902. The van der Waals surface area contributed by atoms with Gasteiger partial charge in [-0.25, -0.2) is 4.67 Å². The van der Waals surface area contributed by atoms with Gasteiger partial charge in [-0.15, -0.1) is 0 Å². The van der Waals surface area contributed by atoms with Crippen LogP contribution in [0.1, 0.15) is 81.1 Å². The lowest BCUT2D eigenvalue weighted by atomic mass is 9.34. The fourth-order valence-electron chi connectivity index (χ4n) is 4.04. The molecule has 0 N–H and O–H groups in total. The van der Waals surface area contributed by atoms with Crippen LogP contribution in [-0.2, 0) is 9.05 Å². The van der Waals surface area contributed by atoms with Crippen molar-refractivity contribution in [1.29, 1.82) is 0 Å². The summed E-state index contributed by atoms with van der Waals surface area (Å²) in [4.78, 5) is 0.